The number of para-hydroxylation sites is 1. The maximum Gasteiger partial charge on any atom is 0.330 e. The molecule has 0 bridgehead atoms. The van der Waals surface area contributed by atoms with Gasteiger partial charge in [-0.05, 0) is 128 Å². The van der Waals surface area contributed by atoms with E-state index in [1.165, 1.54) is 34.9 Å². The van der Waals surface area contributed by atoms with Crippen molar-refractivity contribution >= 4 is 29.8 Å². The Bertz CT molecular complexity index is 3810. The molecule has 16 nitrogen and oxygen atoms in total. The summed E-state index contributed by atoms with van der Waals surface area (Å²) in [4.78, 5) is 24.7. The predicted octanol–water partition coefficient (Wildman–Crippen LogP) is 12.1. The van der Waals surface area contributed by atoms with Gasteiger partial charge in [0.25, 0.3) is 0 Å². The highest BCUT2D eigenvalue weighted by Gasteiger charge is 2.22. The molecule has 398 valence electrons. The van der Waals surface area contributed by atoms with Crippen molar-refractivity contribution in [3.8, 4) is 85.3 Å². The Morgan fingerprint density at radius 2 is 1.18 bits per heavy atom. The first-order valence-electron chi connectivity index (χ1n) is 24.5. The lowest BCUT2D eigenvalue weighted by Crippen LogP contribution is -2.18. The quantitative estimate of drug-likeness (QED) is 0.0572. The van der Waals surface area contributed by atoms with Crippen LogP contribution in [-0.4, -0.2) is 85.3 Å². The van der Waals surface area contributed by atoms with Crippen molar-refractivity contribution in [3.63, 3.8) is 0 Å². The molecule has 1 aliphatic heterocycles. The number of phenols is 6. The largest absolute Gasteiger partial charge is 0.508 e. The molecule has 0 spiro atoms. The SMILES string of the molecule is C.CCc1cc(-c2c[nH]c(=O)n2-c2ccccc2C2=NN=CC2)c(O)cc1O.CCc1cc(-c2c[nH]c(=S)n2-c2cccc(N(C)C)c2)c(O)cc1O.CCc1cc(-c2cnc(C)n2-c2ccc(F)cc2C)c(O)cc1O. The fraction of sp³-hybridized carbons (Fsp3) is 0.203. The number of aromatic hydroxyl groups is 6. The van der Waals surface area contributed by atoms with E-state index in [1.807, 2.05) is 111 Å². The van der Waals surface area contributed by atoms with Gasteiger partial charge in [0, 0.05) is 85.3 Å². The van der Waals surface area contributed by atoms with E-state index in [2.05, 4.69) is 25.2 Å². The zero-order chi connectivity index (χ0) is 54.5. The molecule has 0 saturated heterocycles. The fourth-order valence-electron chi connectivity index (χ4n) is 9.03. The molecule has 18 heteroatoms. The standard InChI is InChI=1S/C20H18N4O3.C19H19FN2O2.C19H21N3O2S.CH4/c1-2-12-9-14(19(26)10-18(12)25)17-11-21-20(27)24(17)16-6-4-3-5-13(16)15-7-8-22-23-15;1-4-13-8-15(19(24)9-18(13)23)17-10-21-12(3)22(17)16-6-5-14(20)7-11(16)2;1-4-12-8-15(18(24)10-17(12)23)16-11-20-19(25)22(16)14-7-5-6-13(9-14)21(2)3;/h3-6,8-11,25-26H,2,7H2,1H3,(H,21,27);5-10,23-24H,4H2,1-3H3;5-11,23-24H,4H2,1-3H3,(H,20,25);1H4. The number of phenolic OH excluding ortho intramolecular Hbond substituents is 6. The van der Waals surface area contributed by atoms with E-state index in [0.717, 1.165) is 56.5 Å². The lowest BCUT2D eigenvalue weighted by atomic mass is 10.0. The summed E-state index contributed by atoms with van der Waals surface area (Å²) in [7, 11) is 3.96. The third kappa shape index (κ3) is 11.4. The van der Waals surface area contributed by atoms with E-state index in [1.54, 1.807) is 49.1 Å². The van der Waals surface area contributed by atoms with Crippen molar-refractivity contribution in [2.24, 2.45) is 10.2 Å². The van der Waals surface area contributed by atoms with Crippen LogP contribution in [0.5, 0.6) is 34.5 Å². The number of nitrogens with zero attached hydrogens (tertiary/aromatic N) is 7. The third-order valence-corrected chi connectivity index (χ3v) is 13.4. The highest BCUT2D eigenvalue weighted by atomic mass is 32.1. The first kappa shape index (κ1) is 55.6. The molecule has 0 amide bonds. The van der Waals surface area contributed by atoms with Gasteiger partial charge in [-0.25, -0.2) is 14.2 Å². The van der Waals surface area contributed by atoms with E-state index in [0.29, 0.717) is 69.8 Å². The van der Waals surface area contributed by atoms with Crippen molar-refractivity contribution < 1.29 is 35.0 Å². The normalized spacial score (nSPS) is 11.6. The minimum absolute atomic E-state index is 0. The van der Waals surface area contributed by atoms with Crippen LogP contribution in [0.1, 0.15) is 68.3 Å². The van der Waals surface area contributed by atoms with Gasteiger partial charge in [0.05, 0.1) is 46.1 Å². The molecule has 0 radical (unpaired) electrons. The average Bonchev–Trinajstić information content (AvgIpc) is 4.25. The van der Waals surface area contributed by atoms with Crippen LogP contribution in [0.25, 0.3) is 50.8 Å². The maximum atomic E-state index is 13.4. The molecule has 4 heterocycles. The van der Waals surface area contributed by atoms with Crippen LogP contribution < -0.4 is 10.6 Å². The topological polar surface area (TPSA) is 226 Å². The summed E-state index contributed by atoms with van der Waals surface area (Å²) in [6.07, 6.45) is 9.21. The lowest BCUT2D eigenvalue weighted by Gasteiger charge is -2.16. The number of H-pyrrole nitrogens is 2. The van der Waals surface area contributed by atoms with Gasteiger partial charge in [-0.2, -0.15) is 10.2 Å². The zero-order valence-electron chi connectivity index (χ0n) is 43.0. The maximum absolute atomic E-state index is 13.4. The number of benzene rings is 6. The molecule has 9 aromatic rings. The molecule has 0 unspecified atom stereocenters. The molecule has 0 saturated carbocycles. The third-order valence-electron chi connectivity index (χ3n) is 13.1. The van der Waals surface area contributed by atoms with Crippen molar-refractivity contribution in [1.29, 1.82) is 0 Å². The van der Waals surface area contributed by atoms with Gasteiger partial charge in [-0.3, -0.25) is 13.7 Å². The van der Waals surface area contributed by atoms with Gasteiger partial charge in [-0.1, -0.05) is 52.5 Å². The number of aromatic nitrogens is 6. The number of hydrogen-bond acceptors (Lipinski definition) is 12. The average molecular weight is 1060 g/mol. The van der Waals surface area contributed by atoms with E-state index in [4.69, 9.17) is 12.2 Å². The number of hydrogen-bond donors (Lipinski definition) is 8. The Labute approximate surface area is 450 Å². The van der Waals surface area contributed by atoms with Gasteiger partial charge in [0.15, 0.2) is 4.77 Å². The highest BCUT2D eigenvalue weighted by molar-refractivity contribution is 7.71. The Morgan fingerprint density at radius 3 is 1.73 bits per heavy atom. The number of halogens is 1. The molecule has 0 fully saturated rings. The van der Waals surface area contributed by atoms with Crippen LogP contribution in [-0.2, 0) is 19.3 Å². The second-order valence-corrected chi connectivity index (χ2v) is 18.5. The Morgan fingerprint density at radius 1 is 0.623 bits per heavy atom. The number of imidazole rings is 3. The molecule has 3 aromatic heterocycles. The molecule has 10 rings (SSSR count). The number of aryl methyl sites for hydroxylation is 5. The Kier molecular flexibility index (Phi) is 17.0. The summed E-state index contributed by atoms with van der Waals surface area (Å²) in [6.45, 7) is 9.48. The molecular weight excluding hydrogens is 998 g/mol. The Balaban J connectivity index is 0.000000167. The summed E-state index contributed by atoms with van der Waals surface area (Å²) in [5.41, 5.74) is 11.2. The zero-order valence-corrected chi connectivity index (χ0v) is 43.8. The van der Waals surface area contributed by atoms with Crippen LogP contribution in [0, 0.1) is 24.4 Å². The first-order chi connectivity index (χ1) is 36.4. The summed E-state index contributed by atoms with van der Waals surface area (Å²) in [6, 6.07) is 29.3. The number of nitrogens with one attached hydrogen (secondary N) is 2. The van der Waals surface area contributed by atoms with Crippen LogP contribution in [0.15, 0.2) is 137 Å². The number of rotatable bonds is 11. The minimum atomic E-state index is -0.331. The number of aromatic amines is 2. The van der Waals surface area contributed by atoms with Gasteiger partial charge >= 0.3 is 5.69 Å². The van der Waals surface area contributed by atoms with Gasteiger partial charge in [-0.15, -0.1) is 0 Å². The van der Waals surface area contributed by atoms with Crippen LogP contribution >= 0.6 is 12.2 Å². The van der Waals surface area contributed by atoms with Gasteiger partial charge in [0.2, 0.25) is 0 Å². The summed E-state index contributed by atoms with van der Waals surface area (Å²) in [5.74, 6) is 0.518. The van der Waals surface area contributed by atoms with E-state index < -0.39 is 0 Å². The molecule has 8 N–H and O–H groups in total. The molecule has 1 aliphatic rings. The molecule has 0 atom stereocenters. The second kappa shape index (κ2) is 23.6. The highest BCUT2D eigenvalue weighted by Crippen LogP contribution is 2.40. The summed E-state index contributed by atoms with van der Waals surface area (Å²) in [5, 5.41) is 68.9. The van der Waals surface area contributed by atoms with Crippen LogP contribution in [0.4, 0.5) is 10.1 Å². The van der Waals surface area contributed by atoms with Crippen LogP contribution in [0.2, 0.25) is 0 Å². The summed E-state index contributed by atoms with van der Waals surface area (Å²) < 4.78 is 19.2. The molecule has 6 aromatic carbocycles. The molecular formula is C59H62FN9O7S. The van der Waals surface area contributed by atoms with Crippen molar-refractivity contribution in [3.05, 3.63) is 176 Å². The van der Waals surface area contributed by atoms with E-state index >= 15 is 0 Å². The first-order valence-corrected chi connectivity index (χ1v) is 24.9. The predicted molar refractivity (Wildman–Crippen MR) is 305 cm³/mol. The van der Waals surface area contributed by atoms with Crippen LogP contribution in [0.3, 0.4) is 0 Å². The van der Waals surface area contributed by atoms with Crippen molar-refractivity contribution in [1.82, 2.24) is 28.7 Å². The smallest absolute Gasteiger partial charge is 0.330 e. The van der Waals surface area contributed by atoms with Crippen molar-refractivity contribution in [2.75, 3.05) is 19.0 Å². The van der Waals surface area contributed by atoms with E-state index in [-0.39, 0.29) is 53.4 Å². The molecule has 77 heavy (non-hydrogen) atoms. The van der Waals surface area contributed by atoms with E-state index in [9.17, 15) is 39.8 Å². The summed E-state index contributed by atoms with van der Waals surface area (Å²) >= 11 is 5.46. The minimum Gasteiger partial charge on any atom is -0.508 e. The monoisotopic (exact) mass is 1060 g/mol. The number of anilines is 1. The van der Waals surface area contributed by atoms with Crippen molar-refractivity contribution in [2.45, 2.75) is 67.7 Å². The fourth-order valence-corrected chi connectivity index (χ4v) is 9.30. The Hall–Kier alpha value is -9.16. The second-order valence-electron chi connectivity index (χ2n) is 18.1. The van der Waals surface area contributed by atoms with Gasteiger partial charge in [0.1, 0.15) is 46.1 Å². The lowest BCUT2D eigenvalue weighted by molar-refractivity contribution is 0.446. The van der Waals surface area contributed by atoms with Gasteiger partial charge < -0.3 is 45.5 Å². The molecule has 0 aliphatic carbocycles.